The molecule has 1 aromatic rings. The molecular weight excluding hydrogens is 210 g/mol. The van der Waals surface area contributed by atoms with Gasteiger partial charge in [0.15, 0.2) is 0 Å². The molecule has 0 radical (unpaired) electrons. The predicted molar refractivity (Wildman–Crippen MR) is 62.9 cm³/mol. The number of aliphatic hydroxyl groups excluding tert-OH is 1. The third-order valence-corrected chi connectivity index (χ3v) is 2.53. The zero-order valence-electron chi connectivity index (χ0n) is 9.50. The normalized spacial score (nSPS) is 13.9. The van der Waals surface area contributed by atoms with Crippen LogP contribution in [-0.4, -0.2) is 10.1 Å². The first-order valence-electron chi connectivity index (χ1n) is 5.18. The molecule has 0 unspecified atom stereocenters. The Morgan fingerprint density at radius 2 is 2.07 bits per heavy atom. The highest BCUT2D eigenvalue weighted by molar-refractivity contribution is 6.29. The van der Waals surface area contributed by atoms with Crippen molar-refractivity contribution in [3.8, 4) is 0 Å². The first-order chi connectivity index (χ1) is 6.88. The summed E-state index contributed by atoms with van der Waals surface area (Å²) in [4.78, 5) is 3.95. The fraction of sp³-hybridized carbons (Fsp3) is 0.583. The molecule has 0 aromatic carbocycles. The van der Waals surface area contributed by atoms with Gasteiger partial charge >= 0.3 is 0 Å². The van der Waals surface area contributed by atoms with Gasteiger partial charge in [-0.25, -0.2) is 4.98 Å². The number of aromatic nitrogens is 1. The molecule has 0 amide bonds. The number of halogens is 1. The summed E-state index contributed by atoms with van der Waals surface area (Å²) in [6.07, 6.45) is 2.94. The third-order valence-electron chi connectivity index (χ3n) is 2.30. The van der Waals surface area contributed by atoms with E-state index in [-0.39, 0.29) is 5.41 Å². The molecule has 0 aliphatic carbocycles. The van der Waals surface area contributed by atoms with Crippen LogP contribution in [0, 0.1) is 5.41 Å². The molecule has 1 rings (SSSR count). The molecule has 0 aliphatic heterocycles. The molecule has 0 bridgehead atoms. The summed E-state index contributed by atoms with van der Waals surface area (Å²) in [5.74, 6) is 0. The first-order valence-corrected chi connectivity index (χ1v) is 5.56. The van der Waals surface area contributed by atoms with E-state index in [1.807, 2.05) is 6.07 Å². The monoisotopic (exact) mass is 227 g/mol. The Bertz CT molecular complexity index is 302. The molecule has 0 saturated carbocycles. The van der Waals surface area contributed by atoms with Crippen molar-refractivity contribution < 1.29 is 5.11 Å². The van der Waals surface area contributed by atoms with Gasteiger partial charge in [-0.05, 0) is 29.9 Å². The van der Waals surface area contributed by atoms with Gasteiger partial charge in [0.1, 0.15) is 5.15 Å². The predicted octanol–water partition coefficient (Wildman–Crippen LogP) is 3.59. The van der Waals surface area contributed by atoms with Gasteiger partial charge in [0.05, 0.1) is 6.10 Å². The van der Waals surface area contributed by atoms with Crippen molar-refractivity contribution in [2.24, 2.45) is 5.41 Å². The second-order valence-corrected chi connectivity index (χ2v) is 5.42. The average Bonchev–Trinajstić information content (AvgIpc) is 2.14. The van der Waals surface area contributed by atoms with Crippen molar-refractivity contribution in [3.05, 3.63) is 29.0 Å². The number of hydrogen-bond acceptors (Lipinski definition) is 2. The summed E-state index contributed by atoms with van der Waals surface area (Å²) in [6.45, 7) is 6.50. The van der Waals surface area contributed by atoms with Crippen molar-refractivity contribution >= 4 is 11.6 Å². The third kappa shape index (κ3) is 4.63. The summed E-state index contributed by atoms with van der Waals surface area (Å²) >= 11 is 5.67. The van der Waals surface area contributed by atoms with Crippen LogP contribution in [0.5, 0.6) is 0 Å². The molecule has 1 heterocycles. The van der Waals surface area contributed by atoms with E-state index in [1.165, 1.54) is 0 Å². The fourth-order valence-electron chi connectivity index (χ4n) is 1.32. The zero-order valence-corrected chi connectivity index (χ0v) is 10.3. The lowest BCUT2D eigenvalue weighted by Gasteiger charge is -2.20. The van der Waals surface area contributed by atoms with Gasteiger partial charge in [-0.2, -0.15) is 0 Å². The number of pyridine rings is 1. The molecule has 0 fully saturated rings. The molecule has 3 heteroatoms. The van der Waals surface area contributed by atoms with Gasteiger partial charge in [-0.15, -0.1) is 0 Å². The lowest BCUT2D eigenvalue weighted by molar-refractivity contribution is 0.147. The molecular formula is C12H18ClNO. The second kappa shape index (κ2) is 4.95. The van der Waals surface area contributed by atoms with Crippen LogP contribution in [-0.2, 0) is 0 Å². The Morgan fingerprint density at radius 1 is 1.40 bits per heavy atom. The van der Waals surface area contributed by atoms with Crippen LogP contribution in [0.15, 0.2) is 18.3 Å². The Kier molecular flexibility index (Phi) is 4.12. The maximum absolute atomic E-state index is 9.89. The van der Waals surface area contributed by atoms with Gasteiger partial charge in [0, 0.05) is 6.20 Å². The summed E-state index contributed by atoms with van der Waals surface area (Å²) in [6, 6.07) is 3.53. The van der Waals surface area contributed by atoms with E-state index in [0.29, 0.717) is 5.15 Å². The van der Waals surface area contributed by atoms with Gasteiger partial charge in [-0.1, -0.05) is 38.4 Å². The number of hydrogen-bond donors (Lipinski definition) is 1. The Balaban J connectivity index is 2.54. The Morgan fingerprint density at radius 3 is 2.53 bits per heavy atom. The smallest absolute Gasteiger partial charge is 0.129 e. The summed E-state index contributed by atoms with van der Waals surface area (Å²) < 4.78 is 0. The standard InChI is InChI=1S/C12H18ClNO/c1-12(2,3)7-6-10(15)9-4-5-11(13)14-8-9/h4-5,8,10,15H,6-7H2,1-3H3/t10-/m0/s1. The van der Waals surface area contributed by atoms with E-state index >= 15 is 0 Å². The number of nitrogens with zero attached hydrogens (tertiary/aromatic N) is 1. The van der Waals surface area contributed by atoms with Crippen molar-refractivity contribution in [2.75, 3.05) is 0 Å². The van der Waals surface area contributed by atoms with Gasteiger partial charge in [-0.3, -0.25) is 0 Å². The molecule has 1 N–H and O–H groups in total. The van der Waals surface area contributed by atoms with Crippen molar-refractivity contribution in [2.45, 2.75) is 39.7 Å². The summed E-state index contributed by atoms with van der Waals surface area (Å²) in [7, 11) is 0. The van der Waals surface area contributed by atoms with Crippen LogP contribution >= 0.6 is 11.6 Å². The molecule has 1 aromatic heterocycles. The molecule has 0 spiro atoms. The molecule has 0 aliphatic rings. The van der Waals surface area contributed by atoms with Crippen LogP contribution in [0.1, 0.15) is 45.3 Å². The second-order valence-electron chi connectivity index (χ2n) is 5.03. The van der Waals surface area contributed by atoms with E-state index in [9.17, 15) is 5.11 Å². The van der Waals surface area contributed by atoms with Crippen LogP contribution in [0.2, 0.25) is 5.15 Å². The van der Waals surface area contributed by atoms with Crippen LogP contribution in [0.25, 0.3) is 0 Å². The molecule has 0 saturated heterocycles. The SMILES string of the molecule is CC(C)(C)CC[C@H](O)c1ccc(Cl)nc1. The minimum Gasteiger partial charge on any atom is -0.388 e. The van der Waals surface area contributed by atoms with E-state index in [1.54, 1.807) is 12.3 Å². The maximum atomic E-state index is 9.89. The highest BCUT2D eigenvalue weighted by atomic mass is 35.5. The van der Waals surface area contributed by atoms with Crippen molar-refractivity contribution in [1.29, 1.82) is 0 Å². The minimum atomic E-state index is -0.436. The highest BCUT2D eigenvalue weighted by Crippen LogP contribution is 2.27. The quantitative estimate of drug-likeness (QED) is 0.801. The largest absolute Gasteiger partial charge is 0.388 e. The number of rotatable bonds is 3. The van der Waals surface area contributed by atoms with Crippen molar-refractivity contribution in [1.82, 2.24) is 4.98 Å². The van der Waals surface area contributed by atoms with E-state index in [4.69, 9.17) is 11.6 Å². The van der Waals surface area contributed by atoms with Gasteiger partial charge in [0.2, 0.25) is 0 Å². The lowest BCUT2D eigenvalue weighted by Crippen LogP contribution is -2.08. The van der Waals surface area contributed by atoms with E-state index < -0.39 is 6.10 Å². The maximum Gasteiger partial charge on any atom is 0.129 e. The molecule has 2 nitrogen and oxygen atoms in total. The molecule has 84 valence electrons. The summed E-state index contributed by atoms with van der Waals surface area (Å²) in [5.41, 5.74) is 1.09. The van der Waals surface area contributed by atoms with E-state index in [2.05, 4.69) is 25.8 Å². The van der Waals surface area contributed by atoms with Crippen LogP contribution in [0.3, 0.4) is 0 Å². The highest BCUT2D eigenvalue weighted by Gasteiger charge is 2.14. The first kappa shape index (κ1) is 12.5. The topological polar surface area (TPSA) is 33.1 Å². The number of aliphatic hydroxyl groups is 1. The van der Waals surface area contributed by atoms with Crippen LogP contribution < -0.4 is 0 Å². The van der Waals surface area contributed by atoms with Crippen molar-refractivity contribution in [3.63, 3.8) is 0 Å². The minimum absolute atomic E-state index is 0.251. The average molecular weight is 228 g/mol. The van der Waals surface area contributed by atoms with Gasteiger partial charge < -0.3 is 5.11 Å². The molecule has 15 heavy (non-hydrogen) atoms. The Hall–Kier alpha value is -0.600. The van der Waals surface area contributed by atoms with Gasteiger partial charge in [0.25, 0.3) is 0 Å². The van der Waals surface area contributed by atoms with E-state index in [0.717, 1.165) is 18.4 Å². The Labute approximate surface area is 96.3 Å². The molecule has 1 atom stereocenters. The summed E-state index contributed by atoms with van der Waals surface area (Å²) in [5, 5.41) is 10.4. The van der Waals surface area contributed by atoms with Crippen LogP contribution in [0.4, 0.5) is 0 Å². The fourth-order valence-corrected chi connectivity index (χ4v) is 1.43. The lowest BCUT2D eigenvalue weighted by atomic mass is 9.88. The zero-order chi connectivity index (χ0) is 11.5.